The molecule has 2 heteroatoms. The highest BCUT2D eigenvalue weighted by atomic mass is 32.1. The van der Waals surface area contributed by atoms with Gasteiger partial charge in [-0.15, -0.1) is 11.3 Å². The zero-order chi connectivity index (χ0) is 41.7. The molecule has 0 unspecified atom stereocenters. The van der Waals surface area contributed by atoms with E-state index < -0.39 is 5.41 Å². The number of fused-ring (bicyclic) bond motifs is 6. The molecule has 0 atom stereocenters. The van der Waals surface area contributed by atoms with Gasteiger partial charge in [0.2, 0.25) is 0 Å². The largest absolute Gasteiger partial charge is 0.311 e. The lowest BCUT2D eigenvalue weighted by molar-refractivity contribution is 0.769. The van der Waals surface area contributed by atoms with E-state index >= 15 is 0 Å². The van der Waals surface area contributed by atoms with E-state index in [1.54, 1.807) is 0 Å². The van der Waals surface area contributed by atoms with Gasteiger partial charge in [0.15, 0.2) is 0 Å². The highest BCUT2D eigenvalue weighted by Crippen LogP contribution is 2.57. The van der Waals surface area contributed by atoms with Crippen LogP contribution in [0.1, 0.15) is 22.3 Å². The molecule has 1 nitrogen and oxygen atoms in total. The Hall–Kier alpha value is -7.78. The maximum Gasteiger partial charge on any atom is 0.0713 e. The lowest BCUT2D eigenvalue weighted by Crippen LogP contribution is -2.28. The van der Waals surface area contributed by atoms with Gasteiger partial charge in [0.1, 0.15) is 0 Å². The van der Waals surface area contributed by atoms with E-state index in [4.69, 9.17) is 0 Å². The number of rotatable bonds is 8. The smallest absolute Gasteiger partial charge is 0.0713 e. The van der Waals surface area contributed by atoms with Crippen LogP contribution in [-0.4, -0.2) is 0 Å². The van der Waals surface area contributed by atoms with Crippen LogP contribution in [0, 0.1) is 0 Å². The summed E-state index contributed by atoms with van der Waals surface area (Å²) in [6.07, 6.45) is 0. The van der Waals surface area contributed by atoms with E-state index in [-0.39, 0.29) is 0 Å². The molecule has 0 aliphatic heterocycles. The molecule has 0 amide bonds. The summed E-state index contributed by atoms with van der Waals surface area (Å²) in [6.45, 7) is 0. The van der Waals surface area contributed by atoms with Gasteiger partial charge in [-0.1, -0.05) is 188 Å². The molecule has 0 spiro atoms. The van der Waals surface area contributed by atoms with Crippen molar-refractivity contribution in [1.82, 2.24) is 0 Å². The Morgan fingerprint density at radius 3 is 1.49 bits per heavy atom. The molecule has 11 aromatic rings. The van der Waals surface area contributed by atoms with Gasteiger partial charge < -0.3 is 4.90 Å². The molecule has 12 rings (SSSR count). The number of hydrogen-bond donors (Lipinski definition) is 0. The predicted molar refractivity (Wildman–Crippen MR) is 268 cm³/mol. The molecule has 10 aromatic carbocycles. The summed E-state index contributed by atoms with van der Waals surface area (Å²) in [4.78, 5) is 2.35. The van der Waals surface area contributed by atoms with E-state index in [1.165, 1.54) is 86.9 Å². The highest BCUT2D eigenvalue weighted by molar-refractivity contribution is 7.26. The Morgan fingerprint density at radius 2 is 0.810 bits per heavy atom. The lowest BCUT2D eigenvalue weighted by atomic mass is 9.67. The molecule has 1 aromatic heterocycles. The van der Waals surface area contributed by atoms with E-state index in [1.807, 2.05) is 11.3 Å². The first kappa shape index (κ1) is 37.0. The van der Waals surface area contributed by atoms with E-state index in [9.17, 15) is 0 Å². The minimum absolute atomic E-state index is 0.464. The first-order valence-electron chi connectivity index (χ1n) is 21.7. The molecule has 1 aliphatic rings. The van der Waals surface area contributed by atoms with Gasteiger partial charge >= 0.3 is 0 Å². The number of nitrogens with zero attached hydrogens (tertiary/aromatic N) is 1. The summed E-state index contributed by atoms with van der Waals surface area (Å²) in [5.74, 6) is 0. The number of thiophene rings is 1. The van der Waals surface area contributed by atoms with Crippen LogP contribution >= 0.6 is 11.3 Å². The van der Waals surface area contributed by atoms with Gasteiger partial charge in [-0.25, -0.2) is 0 Å². The first-order valence-corrected chi connectivity index (χ1v) is 22.5. The van der Waals surface area contributed by atoms with Gasteiger partial charge in [0.25, 0.3) is 0 Å². The molecule has 0 radical (unpaired) electrons. The molecule has 0 bridgehead atoms. The summed E-state index contributed by atoms with van der Waals surface area (Å²) >= 11 is 1.89. The van der Waals surface area contributed by atoms with Gasteiger partial charge in [0, 0.05) is 42.8 Å². The fourth-order valence-corrected chi connectivity index (χ4v) is 11.3. The zero-order valence-electron chi connectivity index (χ0n) is 34.5. The minimum atomic E-state index is -0.464. The number of para-hydroxylation sites is 1. The van der Waals surface area contributed by atoms with Gasteiger partial charge in [-0.2, -0.15) is 0 Å². The van der Waals surface area contributed by atoms with Crippen LogP contribution in [0.4, 0.5) is 17.1 Å². The Labute approximate surface area is 372 Å². The number of hydrogen-bond acceptors (Lipinski definition) is 2. The first-order chi connectivity index (χ1) is 31.2. The summed E-state index contributed by atoms with van der Waals surface area (Å²) in [7, 11) is 0. The molecule has 296 valence electrons. The Morgan fingerprint density at radius 1 is 0.302 bits per heavy atom. The second-order valence-electron chi connectivity index (χ2n) is 16.4. The van der Waals surface area contributed by atoms with Crippen LogP contribution in [0.5, 0.6) is 0 Å². The van der Waals surface area contributed by atoms with Gasteiger partial charge in [-0.05, 0) is 122 Å². The second kappa shape index (κ2) is 15.3. The van der Waals surface area contributed by atoms with Crippen molar-refractivity contribution in [3.05, 3.63) is 271 Å². The van der Waals surface area contributed by atoms with Crippen LogP contribution in [0.25, 0.3) is 64.7 Å². The van der Waals surface area contributed by atoms with Crippen molar-refractivity contribution in [2.24, 2.45) is 0 Å². The van der Waals surface area contributed by atoms with Crippen molar-refractivity contribution in [1.29, 1.82) is 0 Å². The third-order valence-electron chi connectivity index (χ3n) is 13.0. The number of anilines is 3. The fourth-order valence-electron chi connectivity index (χ4n) is 10.1. The van der Waals surface area contributed by atoms with Gasteiger partial charge in [-0.3, -0.25) is 0 Å². The van der Waals surface area contributed by atoms with Crippen molar-refractivity contribution in [2.75, 3.05) is 4.90 Å². The molecule has 1 heterocycles. The molecule has 1 aliphatic carbocycles. The average Bonchev–Trinajstić information content (AvgIpc) is 3.89. The predicted octanol–water partition coefficient (Wildman–Crippen LogP) is 16.9. The van der Waals surface area contributed by atoms with Crippen LogP contribution in [0.15, 0.2) is 249 Å². The van der Waals surface area contributed by atoms with Crippen LogP contribution in [0.3, 0.4) is 0 Å². The highest BCUT2D eigenvalue weighted by Gasteiger charge is 2.46. The van der Waals surface area contributed by atoms with Crippen LogP contribution in [-0.2, 0) is 5.41 Å². The maximum absolute atomic E-state index is 2.48. The summed E-state index contributed by atoms with van der Waals surface area (Å²) in [5.41, 5.74) is 17.9. The third kappa shape index (κ3) is 6.14. The zero-order valence-corrected chi connectivity index (χ0v) is 35.3. The normalized spacial score (nSPS) is 12.6. The Kier molecular flexibility index (Phi) is 8.98. The van der Waals surface area contributed by atoms with Gasteiger partial charge in [0.05, 0.1) is 5.41 Å². The average molecular weight is 820 g/mol. The molecule has 0 fully saturated rings. The Bertz CT molecular complexity index is 3370. The van der Waals surface area contributed by atoms with E-state index in [0.717, 1.165) is 17.1 Å². The molecule has 0 N–H and O–H groups in total. The van der Waals surface area contributed by atoms with Crippen molar-refractivity contribution in [2.45, 2.75) is 5.41 Å². The monoisotopic (exact) mass is 819 g/mol. The lowest BCUT2D eigenvalue weighted by Gasteiger charge is -2.34. The topological polar surface area (TPSA) is 3.24 Å². The quantitative estimate of drug-likeness (QED) is 0.148. The van der Waals surface area contributed by atoms with E-state index in [0.29, 0.717) is 0 Å². The van der Waals surface area contributed by atoms with Crippen molar-refractivity contribution in [3.63, 3.8) is 0 Å². The van der Waals surface area contributed by atoms with Crippen LogP contribution in [0.2, 0.25) is 0 Å². The summed E-state index contributed by atoms with van der Waals surface area (Å²) in [6, 6.07) is 91.4. The standard InChI is InChI=1S/C61H41NS/c1-5-17-42(18-6-1)43-29-34-50(35-30-43)62(49-23-11-4-12-24-49)51-36-31-44(32-37-51)55-39-46(40-56-54-26-14-16-28-59(54)63-60(55)56)45-33-38-53-52-25-13-15-27-57(52)61(58(53)41-45,47-19-7-2-8-20-47)48-21-9-3-10-22-48/h1-41H. The summed E-state index contributed by atoms with van der Waals surface area (Å²) in [5, 5.41) is 2.58. The van der Waals surface area contributed by atoms with E-state index in [2.05, 4.69) is 254 Å². The van der Waals surface area contributed by atoms with Crippen molar-refractivity contribution < 1.29 is 0 Å². The van der Waals surface area contributed by atoms with Crippen LogP contribution < -0.4 is 4.90 Å². The van der Waals surface area contributed by atoms with Crippen molar-refractivity contribution >= 4 is 48.6 Å². The molecule has 63 heavy (non-hydrogen) atoms. The molecular formula is C61H41NS. The maximum atomic E-state index is 2.48. The second-order valence-corrected chi connectivity index (χ2v) is 17.5. The fraction of sp³-hybridized carbons (Fsp3) is 0.0164. The molecule has 0 saturated carbocycles. The summed E-state index contributed by atoms with van der Waals surface area (Å²) < 4.78 is 2.61. The molecule has 0 saturated heterocycles. The Balaban J connectivity index is 1.01. The SMILES string of the molecule is c1ccc(-c2ccc(N(c3ccccc3)c3ccc(-c4cc(-c5ccc6c(c5)C(c5ccccc5)(c5ccccc5)c5ccccc5-6)cc5c4sc4ccccc45)cc3)cc2)cc1. The minimum Gasteiger partial charge on any atom is -0.311 e. The molecular weight excluding hydrogens is 779 g/mol. The number of benzene rings is 10. The third-order valence-corrected chi connectivity index (χ3v) is 14.2. The van der Waals surface area contributed by atoms with Crippen molar-refractivity contribution in [3.8, 4) is 44.5 Å².